The number of likely N-dealkylation sites (tertiary alicyclic amines) is 2. The Morgan fingerprint density at radius 3 is 2.62 bits per heavy atom. The first-order chi connectivity index (χ1) is 11.5. The van der Waals surface area contributed by atoms with Crippen LogP contribution in [0.15, 0.2) is 18.2 Å². The van der Waals surface area contributed by atoms with Crippen LogP contribution in [0.25, 0.3) is 0 Å². The molecule has 2 saturated heterocycles. The van der Waals surface area contributed by atoms with Gasteiger partial charge in [0.05, 0.1) is 0 Å². The Kier molecular flexibility index (Phi) is 5.26. The number of hydrogen-bond donors (Lipinski definition) is 0. The quantitative estimate of drug-likeness (QED) is 0.851. The molecule has 0 radical (unpaired) electrons. The maximum Gasteiger partial charge on any atom is 0.248 e. The average Bonchev–Trinajstić information content (AvgIpc) is 2.95. The number of hydrogen-bond acceptors (Lipinski definition) is 3. The summed E-state index contributed by atoms with van der Waals surface area (Å²) in [5, 5.41) is 0. The molecule has 24 heavy (non-hydrogen) atoms. The second-order valence-corrected chi connectivity index (χ2v) is 7.68. The highest BCUT2D eigenvalue weighted by Gasteiger charge is 2.42. The van der Waals surface area contributed by atoms with Crippen molar-refractivity contribution in [2.75, 3.05) is 39.9 Å². The first-order valence-corrected chi connectivity index (χ1v) is 9.07. The monoisotopic (exact) mass is 330 g/mol. The summed E-state index contributed by atoms with van der Waals surface area (Å²) in [4.78, 5) is 16.7. The van der Waals surface area contributed by atoms with Crippen LogP contribution in [0.3, 0.4) is 0 Å². The van der Waals surface area contributed by atoms with Crippen molar-refractivity contribution < 1.29 is 9.53 Å². The fraction of sp³-hybridized carbons (Fsp3) is 0.650. The van der Waals surface area contributed by atoms with Crippen molar-refractivity contribution >= 4 is 5.91 Å². The van der Waals surface area contributed by atoms with Crippen LogP contribution in [0.1, 0.15) is 36.0 Å². The SMILES string of the molecule is COCC(=O)N1CC[C@]2(CCCN(Cc3c(C)cccc3C)C2)C1. The molecule has 0 saturated carbocycles. The Bertz CT molecular complexity index is 581. The summed E-state index contributed by atoms with van der Waals surface area (Å²) in [5.74, 6) is 0.140. The third-order valence-corrected chi connectivity index (χ3v) is 5.83. The maximum absolute atomic E-state index is 12.1. The number of carbonyl (C=O) groups is 1. The zero-order chi connectivity index (χ0) is 17.2. The predicted molar refractivity (Wildman–Crippen MR) is 95.9 cm³/mol. The second kappa shape index (κ2) is 7.24. The molecule has 4 heteroatoms. The van der Waals surface area contributed by atoms with Crippen molar-refractivity contribution in [3.05, 3.63) is 34.9 Å². The number of amides is 1. The molecular formula is C20H30N2O2. The average molecular weight is 330 g/mol. The standard InChI is InChI=1S/C20H30N2O2/c1-16-6-4-7-17(2)18(16)12-21-10-5-8-20(14-21)9-11-22(15-20)19(23)13-24-3/h4,6-7H,5,8-15H2,1-3H3/t20-/m0/s1. The number of benzene rings is 1. The molecule has 1 aromatic rings. The first kappa shape index (κ1) is 17.4. The predicted octanol–water partition coefficient (Wildman–Crippen LogP) is 2.76. The second-order valence-electron chi connectivity index (χ2n) is 7.68. The molecule has 132 valence electrons. The normalized spacial score (nSPS) is 24.7. The molecule has 0 aliphatic carbocycles. The van der Waals surface area contributed by atoms with Crippen molar-refractivity contribution in [3.63, 3.8) is 0 Å². The first-order valence-electron chi connectivity index (χ1n) is 9.07. The lowest BCUT2D eigenvalue weighted by Crippen LogP contribution is -2.45. The van der Waals surface area contributed by atoms with Gasteiger partial charge in [-0.1, -0.05) is 18.2 Å². The number of nitrogens with zero attached hydrogens (tertiary/aromatic N) is 2. The minimum atomic E-state index is 0.140. The van der Waals surface area contributed by atoms with Crippen LogP contribution in [-0.2, 0) is 16.1 Å². The molecule has 2 heterocycles. The van der Waals surface area contributed by atoms with E-state index in [4.69, 9.17) is 4.74 Å². The molecule has 2 aliphatic rings. The molecule has 4 nitrogen and oxygen atoms in total. The summed E-state index contributed by atoms with van der Waals surface area (Å²) in [6.45, 7) is 9.73. The van der Waals surface area contributed by atoms with E-state index < -0.39 is 0 Å². The van der Waals surface area contributed by atoms with E-state index in [0.29, 0.717) is 0 Å². The Morgan fingerprint density at radius 2 is 1.92 bits per heavy atom. The lowest BCUT2D eigenvalue weighted by molar-refractivity contribution is -0.134. The van der Waals surface area contributed by atoms with E-state index in [1.165, 1.54) is 36.1 Å². The smallest absolute Gasteiger partial charge is 0.248 e. The van der Waals surface area contributed by atoms with Crippen LogP contribution in [0.5, 0.6) is 0 Å². The van der Waals surface area contributed by atoms with Crippen molar-refractivity contribution in [2.45, 2.75) is 39.7 Å². The summed E-state index contributed by atoms with van der Waals surface area (Å²) in [6.07, 6.45) is 3.61. The fourth-order valence-corrected chi connectivity index (χ4v) is 4.46. The highest BCUT2D eigenvalue weighted by molar-refractivity contribution is 5.77. The van der Waals surface area contributed by atoms with Crippen LogP contribution in [0.4, 0.5) is 0 Å². The van der Waals surface area contributed by atoms with E-state index in [1.807, 2.05) is 4.90 Å². The van der Waals surface area contributed by atoms with Crippen molar-refractivity contribution in [3.8, 4) is 0 Å². The topological polar surface area (TPSA) is 32.8 Å². The van der Waals surface area contributed by atoms with Gasteiger partial charge < -0.3 is 9.64 Å². The summed E-state index contributed by atoms with van der Waals surface area (Å²) in [7, 11) is 1.59. The molecule has 2 fully saturated rings. The van der Waals surface area contributed by atoms with Gasteiger partial charge in [-0.3, -0.25) is 9.69 Å². The third-order valence-electron chi connectivity index (χ3n) is 5.83. The highest BCUT2D eigenvalue weighted by Crippen LogP contribution is 2.39. The van der Waals surface area contributed by atoms with Gasteiger partial charge in [0.2, 0.25) is 5.91 Å². The molecule has 3 rings (SSSR count). The van der Waals surface area contributed by atoms with E-state index >= 15 is 0 Å². The number of aryl methyl sites for hydroxylation is 2. The Morgan fingerprint density at radius 1 is 1.17 bits per heavy atom. The van der Waals surface area contributed by atoms with E-state index in [2.05, 4.69) is 36.9 Å². The van der Waals surface area contributed by atoms with Crippen LogP contribution in [0, 0.1) is 19.3 Å². The number of methoxy groups -OCH3 is 1. The number of ether oxygens (including phenoxy) is 1. The lowest BCUT2D eigenvalue weighted by Gasteiger charge is -2.40. The van der Waals surface area contributed by atoms with E-state index in [9.17, 15) is 4.79 Å². The van der Waals surface area contributed by atoms with Gasteiger partial charge in [0.15, 0.2) is 0 Å². The van der Waals surface area contributed by atoms with Gasteiger partial charge in [0.25, 0.3) is 0 Å². The summed E-state index contributed by atoms with van der Waals surface area (Å²) < 4.78 is 5.02. The maximum atomic E-state index is 12.1. The molecule has 0 N–H and O–H groups in total. The fourth-order valence-electron chi connectivity index (χ4n) is 4.46. The molecule has 0 bridgehead atoms. The van der Waals surface area contributed by atoms with Gasteiger partial charge in [0, 0.05) is 38.7 Å². The molecule has 1 aromatic carbocycles. The number of rotatable bonds is 4. The Balaban J connectivity index is 1.66. The van der Waals surface area contributed by atoms with Crippen molar-refractivity contribution in [1.29, 1.82) is 0 Å². The van der Waals surface area contributed by atoms with Gasteiger partial charge >= 0.3 is 0 Å². The summed E-state index contributed by atoms with van der Waals surface area (Å²) in [5.41, 5.74) is 4.54. The van der Waals surface area contributed by atoms with E-state index in [0.717, 1.165) is 32.6 Å². The molecular weight excluding hydrogens is 300 g/mol. The van der Waals surface area contributed by atoms with Crippen molar-refractivity contribution in [1.82, 2.24) is 9.80 Å². The van der Waals surface area contributed by atoms with Gasteiger partial charge in [0.1, 0.15) is 6.61 Å². The highest BCUT2D eigenvalue weighted by atomic mass is 16.5. The van der Waals surface area contributed by atoms with E-state index in [-0.39, 0.29) is 17.9 Å². The molecule has 0 unspecified atom stereocenters. The van der Waals surface area contributed by atoms with E-state index in [1.54, 1.807) is 7.11 Å². The molecule has 2 aliphatic heterocycles. The van der Waals surface area contributed by atoms with Crippen molar-refractivity contribution in [2.24, 2.45) is 5.41 Å². The molecule has 0 aromatic heterocycles. The zero-order valence-electron chi connectivity index (χ0n) is 15.3. The minimum absolute atomic E-state index is 0.140. The summed E-state index contributed by atoms with van der Waals surface area (Å²) in [6, 6.07) is 6.56. The van der Waals surface area contributed by atoms with Gasteiger partial charge in [-0.2, -0.15) is 0 Å². The number of carbonyl (C=O) groups excluding carboxylic acids is 1. The molecule has 1 spiro atoms. The van der Waals surface area contributed by atoms with Crippen LogP contribution < -0.4 is 0 Å². The minimum Gasteiger partial charge on any atom is -0.375 e. The largest absolute Gasteiger partial charge is 0.375 e. The molecule has 1 amide bonds. The van der Waals surface area contributed by atoms with Crippen LogP contribution in [-0.4, -0.2) is 55.6 Å². The number of piperidine rings is 1. The summed E-state index contributed by atoms with van der Waals surface area (Å²) >= 11 is 0. The molecule has 1 atom stereocenters. The van der Waals surface area contributed by atoms with Gasteiger partial charge in [-0.05, 0) is 56.3 Å². The van der Waals surface area contributed by atoms with Gasteiger partial charge in [-0.15, -0.1) is 0 Å². The lowest BCUT2D eigenvalue weighted by atomic mass is 9.79. The Labute approximate surface area is 145 Å². The zero-order valence-corrected chi connectivity index (χ0v) is 15.3. The Hall–Kier alpha value is -1.39. The van der Waals surface area contributed by atoms with Crippen LogP contribution >= 0.6 is 0 Å². The van der Waals surface area contributed by atoms with Gasteiger partial charge in [-0.25, -0.2) is 0 Å². The van der Waals surface area contributed by atoms with Crippen LogP contribution in [0.2, 0.25) is 0 Å². The third kappa shape index (κ3) is 3.65.